The first kappa shape index (κ1) is 23.9. The van der Waals surface area contributed by atoms with E-state index in [1.54, 1.807) is 6.08 Å². The van der Waals surface area contributed by atoms with Gasteiger partial charge in [-0.05, 0) is 49.9 Å². The van der Waals surface area contributed by atoms with E-state index < -0.39 is 29.5 Å². The Kier molecular flexibility index (Phi) is 6.49. The van der Waals surface area contributed by atoms with E-state index in [-0.39, 0.29) is 30.8 Å². The van der Waals surface area contributed by atoms with Gasteiger partial charge in [0.2, 0.25) is 0 Å². The normalized spacial score (nSPS) is 15.5. The summed E-state index contributed by atoms with van der Waals surface area (Å²) in [6, 6.07) is 4.75. The molecule has 1 aromatic carbocycles. The van der Waals surface area contributed by atoms with Crippen LogP contribution in [0.5, 0.6) is 5.75 Å². The van der Waals surface area contributed by atoms with Crippen LogP contribution in [0.4, 0.5) is 24.5 Å². The van der Waals surface area contributed by atoms with Gasteiger partial charge in [0, 0.05) is 23.7 Å². The van der Waals surface area contributed by atoms with Crippen LogP contribution in [0.25, 0.3) is 0 Å². The van der Waals surface area contributed by atoms with Crippen molar-refractivity contribution in [3.05, 3.63) is 70.2 Å². The van der Waals surface area contributed by atoms with Crippen molar-refractivity contribution in [1.29, 1.82) is 0 Å². The second-order valence-electron chi connectivity index (χ2n) is 7.71. The summed E-state index contributed by atoms with van der Waals surface area (Å²) in [7, 11) is 0. The molecule has 2 heterocycles. The number of carbonyl (C=O) groups excluding carboxylic acids is 2. The van der Waals surface area contributed by atoms with E-state index in [2.05, 4.69) is 20.5 Å². The molecule has 0 spiro atoms. The van der Waals surface area contributed by atoms with Crippen LogP contribution in [0, 0.1) is 0 Å². The number of anilines is 2. The number of aromatic nitrogens is 2. The summed E-state index contributed by atoms with van der Waals surface area (Å²) >= 11 is 0. The summed E-state index contributed by atoms with van der Waals surface area (Å²) in [4.78, 5) is 40.5. The Hall–Kier alpha value is -4.29. The average molecular weight is 490 g/mol. The highest BCUT2D eigenvalue weighted by Gasteiger charge is 2.34. The lowest BCUT2D eigenvalue weighted by Crippen LogP contribution is -2.49. The molecule has 0 saturated heterocycles. The number of hydrazine groups is 1. The number of nitrogens with one attached hydrogen (secondary N) is 2. The van der Waals surface area contributed by atoms with Gasteiger partial charge in [0.1, 0.15) is 17.3 Å². The number of rotatable bonds is 8. The SMILES string of the molecule is O=C([O-])CCCn1cncc(NC2=C3CCC=C3C(=O)N(c3ccc(OC(F)(F)F)cc3)N2)c1=O. The number of nitrogens with zero attached hydrogens (tertiary/aromatic N) is 3. The van der Waals surface area contributed by atoms with E-state index in [0.29, 0.717) is 29.8 Å². The van der Waals surface area contributed by atoms with Gasteiger partial charge in [-0.2, -0.15) is 0 Å². The molecule has 2 aromatic rings. The van der Waals surface area contributed by atoms with Gasteiger partial charge in [-0.25, -0.2) is 9.99 Å². The Labute approximate surface area is 196 Å². The summed E-state index contributed by atoms with van der Waals surface area (Å²) in [5.74, 6) is -1.72. The Bertz CT molecular complexity index is 1270. The van der Waals surface area contributed by atoms with Crippen molar-refractivity contribution in [2.45, 2.75) is 38.6 Å². The largest absolute Gasteiger partial charge is 0.573 e. The molecule has 0 radical (unpaired) electrons. The molecule has 2 aliphatic rings. The summed E-state index contributed by atoms with van der Waals surface area (Å²) < 4.78 is 42.5. The summed E-state index contributed by atoms with van der Waals surface area (Å²) in [6.07, 6.45) is 0.590. The predicted octanol–water partition coefficient (Wildman–Crippen LogP) is 1.57. The average Bonchev–Trinajstić information content (AvgIpc) is 3.28. The maximum atomic E-state index is 13.0. The second-order valence-corrected chi connectivity index (χ2v) is 7.71. The second kappa shape index (κ2) is 9.52. The van der Waals surface area contributed by atoms with Gasteiger partial charge in [0.25, 0.3) is 11.5 Å². The molecule has 4 rings (SSSR count). The molecule has 1 aliphatic carbocycles. The molecule has 0 bridgehead atoms. The van der Waals surface area contributed by atoms with Crippen molar-refractivity contribution in [2.24, 2.45) is 0 Å². The van der Waals surface area contributed by atoms with Gasteiger partial charge in [0.15, 0.2) is 0 Å². The van der Waals surface area contributed by atoms with Gasteiger partial charge in [-0.15, -0.1) is 13.2 Å². The maximum Gasteiger partial charge on any atom is 0.573 e. The van der Waals surface area contributed by atoms with Crippen molar-refractivity contribution in [1.82, 2.24) is 15.0 Å². The molecule has 13 heteroatoms. The molecule has 2 N–H and O–H groups in total. The molecule has 0 atom stereocenters. The first-order chi connectivity index (χ1) is 16.6. The van der Waals surface area contributed by atoms with E-state index >= 15 is 0 Å². The molecule has 1 amide bonds. The number of carbonyl (C=O) groups is 2. The fraction of sp³-hybridized carbons (Fsp3) is 0.273. The zero-order valence-corrected chi connectivity index (χ0v) is 18.1. The van der Waals surface area contributed by atoms with Crippen molar-refractivity contribution in [3.63, 3.8) is 0 Å². The van der Waals surface area contributed by atoms with Crippen molar-refractivity contribution < 1.29 is 32.6 Å². The highest BCUT2D eigenvalue weighted by Crippen LogP contribution is 2.34. The molecule has 10 nitrogen and oxygen atoms in total. The predicted molar refractivity (Wildman–Crippen MR) is 114 cm³/mol. The van der Waals surface area contributed by atoms with Gasteiger partial charge in [0.05, 0.1) is 18.2 Å². The third-order valence-electron chi connectivity index (χ3n) is 5.30. The Balaban J connectivity index is 1.58. The Morgan fingerprint density at radius 2 is 1.97 bits per heavy atom. The molecule has 184 valence electrons. The van der Waals surface area contributed by atoms with Crippen molar-refractivity contribution in [3.8, 4) is 5.75 Å². The van der Waals surface area contributed by atoms with Gasteiger partial charge >= 0.3 is 6.36 Å². The number of aliphatic carboxylic acids is 1. The standard InChI is InChI=1S/C22H20F3N5O5/c23-22(24,25)35-14-8-6-13(7-9-14)30-20(33)16-4-1-3-15(16)19(28-30)27-17-11-26-12-29(21(17)34)10-2-5-18(31)32/h4,6-9,11-12,27-28H,1-3,5,10H2,(H,31,32)/p-1. The summed E-state index contributed by atoms with van der Waals surface area (Å²) in [6.45, 7) is 0.122. The smallest absolute Gasteiger partial charge is 0.550 e. The van der Waals surface area contributed by atoms with Crippen LogP contribution in [0.15, 0.2) is 64.6 Å². The van der Waals surface area contributed by atoms with Crippen molar-refractivity contribution >= 4 is 23.3 Å². The van der Waals surface area contributed by atoms with Crippen LogP contribution in [0.2, 0.25) is 0 Å². The van der Waals surface area contributed by atoms with Gasteiger partial charge in [-0.1, -0.05) is 6.08 Å². The van der Waals surface area contributed by atoms with Crippen LogP contribution < -0.4 is 31.2 Å². The number of hydrogen-bond acceptors (Lipinski definition) is 8. The number of ether oxygens (including phenoxy) is 1. The molecule has 35 heavy (non-hydrogen) atoms. The number of aryl methyl sites for hydroxylation is 1. The van der Waals surface area contributed by atoms with Crippen LogP contribution in [-0.2, 0) is 16.1 Å². The minimum atomic E-state index is -4.84. The third kappa shape index (κ3) is 5.45. The lowest BCUT2D eigenvalue weighted by atomic mass is 10.1. The molecule has 0 fully saturated rings. The number of benzene rings is 1. The Morgan fingerprint density at radius 1 is 1.23 bits per heavy atom. The van der Waals surface area contributed by atoms with Crippen LogP contribution in [0.1, 0.15) is 25.7 Å². The zero-order valence-electron chi connectivity index (χ0n) is 18.1. The number of hydrogen-bond donors (Lipinski definition) is 2. The molecule has 1 aliphatic heterocycles. The van der Waals surface area contributed by atoms with Gasteiger partial charge in [-0.3, -0.25) is 19.6 Å². The number of carboxylic acid groups (broad SMARTS) is 1. The van der Waals surface area contributed by atoms with E-state index in [0.717, 1.165) is 17.1 Å². The fourth-order valence-corrected chi connectivity index (χ4v) is 3.75. The molecular formula is C22H19F3N5O5-. The molecular weight excluding hydrogens is 471 g/mol. The summed E-state index contributed by atoms with van der Waals surface area (Å²) in [5.41, 5.74) is 3.84. The minimum Gasteiger partial charge on any atom is -0.550 e. The first-order valence-corrected chi connectivity index (χ1v) is 10.5. The number of amides is 1. The number of alkyl halides is 3. The number of allylic oxidation sites excluding steroid dienone is 1. The fourth-order valence-electron chi connectivity index (χ4n) is 3.75. The third-order valence-corrected chi connectivity index (χ3v) is 5.30. The molecule has 0 unspecified atom stereocenters. The number of fused-ring (bicyclic) bond motifs is 1. The molecule has 0 saturated carbocycles. The van der Waals surface area contributed by atoms with Crippen LogP contribution >= 0.6 is 0 Å². The highest BCUT2D eigenvalue weighted by atomic mass is 19.4. The minimum absolute atomic E-state index is 0.0884. The lowest BCUT2D eigenvalue weighted by Gasteiger charge is -2.32. The maximum absolute atomic E-state index is 13.0. The number of carboxylic acids is 1. The lowest BCUT2D eigenvalue weighted by molar-refractivity contribution is -0.305. The highest BCUT2D eigenvalue weighted by molar-refractivity contribution is 6.10. The monoisotopic (exact) mass is 490 g/mol. The van der Waals surface area contributed by atoms with E-state index in [1.807, 2.05) is 0 Å². The van der Waals surface area contributed by atoms with Crippen LogP contribution in [-0.4, -0.2) is 27.8 Å². The van der Waals surface area contributed by atoms with E-state index in [1.165, 1.54) is 29.2 Å². The first-order valence-electron chi connectivity index (χ1n) is 10.5. The molecule has 1 aromatic heterocycles. The summed E-state index contributed by atoms with van der Waals surface area (Å²) in [5, 5.41) is 14.7. The van der Waals surface area contributed by atoms with Crippen molar-refractivity contribution in [2.75, 3.05) is 10.3 Å². The Morgan fingerprint density at radius 3 is 2.66 bits per heavy atom. The number of halogens is 3. The topological polar surface area (TPSA) is 129 Å². The quantitative estimate of drug-likeness (QED) is 0.571. The van der Waals surface area contributed by atoms with E-state index in [4.69, 9.17) is 0 Å². The zero-order chi connectivity index (χ0) is 25.2. The van der Waals surface area contributed by atoms with E-state index in [9.17, 15) is 32.7 Å². The van der Waals surface area contributed by atoms with Crippen LogP contribution in [0.3, 0.4) is 0 Å². The van der Waals surface area contributed by atoms with Gasteiger partial charge < -0.3 is 20.0 Å².